The van der Waals surface area contributed by atoms with E-state index < -0.39 is 17.5 Å². The Balaban J connectivity index is 1.51. The quantitative estimate of drug-likeness (QED) is 0.424. The van der Waals surface area contributed by atoms with Gasteiger partial charge in [-0.2, -0.15) is 0 Å². The third-order valence-electron chi connectivity index (χ3n) is 4.98. The molecule has 2 aromatic carbocycles. The van der Waals surface area contributed by atoms with Crippen molar-refractivity contribution in [3.63, 3.8) is 0 Å². The molecule has 176 valence electrons. The van der Waals surface area contributed by atoms with Crippen LogP contribution < -0.4 is 10.6 Å². The van der Waals surface area contributed by atoms with Gasteiger partial charge in [0.1, 0.15) is 11.6 Å². The lowest BCUT2D eigenvalue weighted by atomic mass is 10.1. The van der Waals surface area contributed by atoms with E-state index in [1.807, 2.05) is 0 Å². The highest BCUT2D eigenvalue weighted by atomic mass is 32.2. The fourth-order valence-electron chi connectivity index (χ4n) is 3.17. The number of rotatable bonds is 9. The minimum absolute atomic E-state index is 0.0294. The van der Waals surface area contributed by atoms with Gasteiger partial charge in [-0.05, 0) is 37.3 Å². The SMILES string of the molecule is CC(=O)c1ccc(SCC(=O)Nc2ccc(F)c(NC(=O)CCN3CCOCC3)c2)c(F)c1. The maximum absolute atomic E-state index is 14.1. The van der Waals surface area contributed by atoms with Crippen molar-refractivity contribution in [2.75, 3.05) is 49.2 Å². The molecule has 2 amide bonds. The predicted octanol–water partition coefficient (Wildman–Crippen LogP) is 3.56. The second-order valence-corrected chi connectivity index (χ2v) is 8.50. The monoisotopic (exact) mass is 477 g/mol. The molecule has 0 spiro atoms. The highest BCUT2D eigenvalue weighted by Crippen LogP contribution is 2.24. The third kappa shape index (κ3) is 7.62. The van der Waals surface area contributed by atoms with Gasteiger partial charge >= 0.3 is 0 Å². The first-order valence-corrected chi connectivity index (χ1v) is 11.4. The molecule has 0 unspecified atom stereocenters. The number of hydrogen-bond acceptors (Lipinski definition) is 6. The molecule has 1 aliphatic rings. The summed E-state index contributed by atoms with van der Waals surface area (Å²) in [6.45, 7) is 4.67. The molecule has 1 aliphatic heterocycles. The molecule has 1 saturated heterocycles. The number of halogens is 2. The lowest BCUT2D eigenvalue weighted by Crippen LogP contribution is -2.38. The van der Waals surface area contributed by atoms with Crippen LogP contribution in [-0.4, -0.2) is 61.1 Å². The number of nitrogens with one attached hydrogen (secondary N) is 2. The van der Waals surface area contributed by atoms with Gasteiger partial charge in [0.2, 0.25) is 11.8 Å². The number of benzene rings is 2. The van der Waals surface area contributed by atoms with Crippen LogP contribution in [0.25, 0.3) is 0 Å². The van der Waals surface area contributed by atoms with Crippen molar-refractivity contribution in [1.82, 2.24) is 4.90 Å². The van der Waals surface area contributed by atoms with Crippen molar-refractivity contribution in [2.24, 2.45) is 0 Å². The zero-order valence-corrected chi connectivity index (χ0v) is 19.0. The van der Waals surface area contributed by atoms with Gasteiger partial charge in [-0.3, -0.25) is 19.3 Å². The average molecular weight is 478 g/mol. The minimum Gasteiger partial charge on any atom is -0.379 e. The van der Waals surface area contributed by atoms with Crippen LogP contribution in [-0.2, 0) is 14.3 Å². The fraction of sp³-hybridized carbons (Fsp3) is 0.348. The molecule has 33 heavy (non-hydrogen) atoms. The molecule has 1 heterocycles. The highest BCUT2D eigenvalue weighted by molar-refractivity contribution is 8.00. The molecule has 10 heteroatoms. The molecule has 2 aromatic rings. The third-order valence-corrected chi connectivity index (χ3v) is 6.03. The van der Waals surface area contributed by atoms with Crippen LogP contribution in [0, 0.1) is 11.6 Å². The number of ether oxygens (including phenoxy) is 1. The zero-order valence-electron chi connectivity index (χ0n) is 18.2. The van der Waals surface area contributed by atoms with Crippen molar-refractivity contribution in [2.45, 2.75) is 18.2 Å². The highest BCUT2D eigenvalue weighted by Gasteiger charge is 2.14. The number of ketones is 1. The van der Waals surface area contributed by atoms with Gasteiger partial charge in [-0.25, -0.2) is 8.78 Å². The lowest BCUT2D eigenvalue weighted by molar-refractivity contribution is -0.117. The van der Waals surface area contributed by atoms with Gasteiger partial charge in [0.25, 0.3) is 0 Å². The maximum atomic E-state index is 14.1. The largest absolute Gasteiger partial charge is 0.379 e. The Labute approximate surface area is 194 Å². The molecule has 2 N–H and O–H groups in total. The molecular formula is C23H25F2N3O4S. The van der Waals surface area contributed by atoms with E-state index in [0.29, 0.717) is 25.4 Å². The topological polar surface area (TPSA) is 87.7 Å². The van der Waals surface area contributed by atoms with E-state index >= 15 is 0 Å². The van der Waals surface area contributed by atoms with E-state index in [2.05, 4.69) is 15.5 Å². The van der Waals surface area contributed by atoms with E-state index in [0.717, 1.165) is 37.0 Å². The van der Waals surface area contributed by atoms with Gasteiger partial charge in [0.15, 0.2) is 5.78 Å². The summed E-state index contributed by atoms with van der Waals surface area (Å²) < 4.78 is 33.5. The van der Waals surface area contributed by atoms with Crippen LogP contribution in [0.4, 0.5) is 20.2 Å². The van der Waals surface area contributed by atoms with Gasteiger partial charge in [0.05, 0.1) is 24.7 Å². The van der Waals surface area contributed by atoms with E-state index in [9.17, 15) is 23.2 Å². The second kappa shape index (κ2) is 11.9. The summed E-state index contributed by atoms with van der Waals surface area (Å²) in [5, 5.41) is 5.15. The Morgan fingerprint density at radius 3 is 2.45 bits per heavy atom. The molecule has 0 atom stereocenters. The van der Waals surface area contributed by atoms with Gasteiger partial charge < -0.3 is 15.4 Å². The van der Waals surface area contributed by atoms with Gasteiger partial charge in [0, 0.05) is 42.2 Å². The van der Waals surface area contributed by atoms with Crippen molar-refractivity contribution in [3.8, 4) is 0 Å². The van der Waals surface area contributed by atoms with Crippen molar-refractivity contribution < 1.29 is 27.9 Å². The van der Waals surface area contributed by atoms with Crippen LogP contribution in [0.2, 0.25) is 0 Å². The Kier molecular flexibility index (Phi) is 8.93. The number of carbonyl (C=O) groups excluding carboxylic acids is 3. The molecule has 3 rings (SSSR count). The van der Waals surface area contributed by atoms with Gasteiger partial charge in [-0.15, -0.1) is 11.8 Å². The summed E-state index contributed by atoms with van der Waals surface area (Å²) in [4.78, 5) is 38.1. The Morgan fingerprint density at radius 2 is 1.76 bits per heavy atom. The smallest absolute Gasteiger partial charge is 0.234 e. The molecule has 0 aromatic heterocycles. The average Bonchev–Trinajstić information content (AvgIpc) is 2.79. The summed E-state index contributed by atoms with van der Waals surface area (Å²) in [5.41, 5.74) is 0.531. The van der Waals surface area contributed by atoms with Crippen molar-refractivity contribution in [3.05, 3.63) is 53.6 Å². The number of morpholine rings is 1. The van der Waals surface area contributed by atoms with Gasteiger partial charge in [-0.1, -0.05) is 6.07 Å². The predicted molar refractivity (Wildman–Crippen MR) is 123 cm³/mol. The summed E-state index contributed by atoms with van der Waals surface area (Å²) >= 11 is 0.977. The van der Waals surface area contributed by atoms with Crippen molar-refractivity contribution >= 4 is 40.7 Å². The summed E-state index contributed by atoms with van der Waals surface area (Å²) in [6.07, 6.45) is 0.209. The number of Topliss-reactive ketones (excluding diaryl/α,β-unsaturated/α-hetero) is 1. The molecule has 7 nitrogen and oxygen atoms in total. The number of anilines is 2. The summed E-state index contributed by atoms with van der Waals surface area (Å²) in [6, 6.07) is 7.96. The molecule has 1 fully saturated rings. The van der Waals surface area contributed by atoms with E-state index in [1.54, 1.807) is 0 Å². The zero-order chi connectivity index (χ0) is 23.8. The van der Waals surface area contributed by atoms with Crippen LogP contribution in [0.1, 0.15) is 23.7 Å². The maximum Gasteiger partial charge on any atom is 0.234 e. The van der Waals surface area contributed by atoms with Crippen molar-refractivity contribution in [1.29, 1.82) is 0 Å². The molecule has 0 saturated carbocycles. The number of carbonyl (C=O) groups is 3. The number of hydrogen-bond donors (Lipinski definition) is 2. The number of amides is 2. The first-order valence-electron chi connectivity index (χ1n) is 10.4. The van der Waals surface area contributed by atoms with E-state index in [-0.39, 0.29) is 40.0 Å². The Hall–Kier alpha value is -2.82. The van der Waals surface area contributed by atoms with Crippen LogP contribution in [0.3, 0.4) is 0 Å². The number of nitrogens with zero attached hydrogens (tertiary/aromatic N) is 1. The number of thioether (sulfide) groups is 1. The molecule has 0 aliphatic carbocycles. The molecule has 0 bridgehead atoms. The van der Waals surface area contributed by atoms with Crippen LogP contribution in [0.5, 0.6) is 0 Å². The molecular weight excluding hydrogens is 452 g/mol. The minimum atomic E-state index is -0.616. The standard InChI is InChI=1S/C23H25F2N3O4S/c1-15(29)16-2-5-21(19(25)12-16)33-14-23(31)26-17-3-4-18(24)20(13-17)27-22(30)6-7-28-8-10-32-11-9-28/h2-5,12-13H,6-11,14H2,1H3,(H,26,31)(H,27,30). The first-order chi connectivity index (χ1) is 15.8. The van der Waals surface area contributed by atoms with E-state index in [1.165, 1.54) is 31.2 Å². The normalized spacial score (nSPS) is 14.0. The fourth-order valence-corrected chi connectivity index (χ4v) is 3.89. The lowest BCUT2D eigenvalue weighted by Gasteiger charge is -2.26. The molecule has 0 radical (unpaired) electrons. The summed E-state index contributed by atoms with van der Waals surface area (Å²) in [5.74, 6) is -2.28. The summed E-state index contributed by atoms with van der Waals surface area (Å²) in [7, 11) is 0. The van der Waals surface area contributed by atoms with Crippen LogP contribution in [0.15, 0.2) is 41.3 Å². The Bertz CT molecular complexity index is 1030. The first kappa shape index (κ1) is 24.8. The van der Waals surface area contributed by atoms with E-state index in [4.69, 9.17) is 4.74 Å². The Morgan fingerprint density at radius 1 is 1.00 bits per heavy atom. The second-order valence-electron chi connectivity index (χ2n) is 7.49. The van der Waals surface area contributed by atoms with Crippen LogP contribution >= 0.6 is 11.8 Å².